The van der Waals surface area contributed by atoms with E-state index >= 15 is 0 Å². The molecule has 26 heteroatoms. The van der Waals surface area contributed by atoms with Gasteiger partial charge in [0.05, 0.1) is 11.1 Å². The number of alkyl halides is 6. The van der Waals surface area contributed by atoms with Crippen molar-refractivity contribution in [1.82, 2.24) is 58.1 Å². The summed E-state index contributed by atoms with van der Waals surface area (Å²) in [5.41, 5.74) is 23.1. The van der Waals surface area contributed by atoms with E-state index < -0.39 is 23.5 Å². The topological polar surface area (TPSA) is 136 Å². The summed E-state index contributed by atoms with van der Waals surface area (Å²) < 4.78 is 89.2. The molecule has 150 heavy (non-hydrogen) atoms. The van der Waals surface area contributed by atoms with Gasteiger partial charge in [-0.25, -0.2) is 84.4 Å². The maximum Gasteiger partial charge on any atom is 2.00 e. The van der Waals surface area contributed by atoms with Crippen LogP contribution >= 0.6 is 0 Å². The normalized spacial score (nSPS) is 11.3. The Labute approximate surface area is 921 Å². The van der Waals surface area contributed by atoms with Crippen LogP contribution in [0.25, 0.3) is 155 Å². The second-order valence-corrected chi connectivity index (χ2v) is 35.9. The van der Waals surface area contributed by atoms with Crippen molar-refractivity contribution in [3.63, 3.8) is 0 Å². The number of aromatic nitrogens is 12. The standard InChI is InChI=1S/2C31H21F3N4.2C31H24N4.4Pt/c1-20-14-16-35-29(17-20)38-27-11-4-3-9-24(27)25-13-12-22(19-28(25)38)21-7-5-8-23(18-21)37(2)30-26(31(32,33)34)10-6-15-36-30;1-20-12-14-36-30(16-20)38-27-9-4-3-8-25(27)26-11-10-22(18-28(26)38)21-6-5-7-24(17-21)37(2)29-19-23(13-15-35-29)31(32,33)34;1-21-16-17-32-31(18-21)35-28-12-5-4-11-26(28)27-15-14-24(20-29(27)35)23-9-7-10-25(19-23)34(3)30-13-6-8-22(2)33-30;1-21-15-16-32-31(17-21)35-28-10-5-4-9-26(28)27-13-12-24(19-29(27)35)23-7-6-8-25(18-23)34(3)30-14-11-22(2)20-33-30;;;;/h3-17H,1-2H3;3-16,19H,1-2H3;4-18H,1-3H3;4-17,20H,1-3H3;;;;/q4*-2;4*+2. The Bertz CT molecular complexity index is 9100. The summed E-state index contributed by atoms with van der Waals surface area (Å²) in [5.74, 6) is 5.16. The van der Waals surface area contributed by atoms with E-state index in [4.69, 9.17) is 0 Å². The maximum absolute atomic E-state index is 13.6. The van der Waals surface area contributed by atoms with Crippen molar-refractivity contribution in [3.05, 3.63) is 458 Å². The van der Waals surface area contributed by atoms with Crippen molar-refractivity contribution in [1.29, 1.82) is 0 Å². The van der Waals surface area contributed by atoms with E-state index in [1.807, 2.05) is 182 Å². The van der Waals surface area contributed by atoms with Crippen molar-refractivity contribution < 1.29 is 111 Å². The smallest absolute Gasteiger partial charge is 0.348 e. The van der Waals surface area contributed by atoms with Crippen LogP contribution in [0.3, 0.4) is 0 Å². The van der Waals surface area contributed by atoms with Crippen molar-refractivity contribution in [2.24, 2.45) is 0 Å². The Morgan fingerprint density at radius 2 is 0.567 bits per heavy atom. The van der Waals surface area contributed by atoms with Crippen LogP contribution in [0.5, 0.6) is 0 Å². The first kappa shape index (κ1) is 106. The molecule has 0 radical (unpaired) electrons. The van der Waals surface area contributed by atoms with E-state index in [1.54, 1.807) is 49.6 Å². The third-order valence-corrected chi connectivity index (χ3v) is 25.9. The molecule has 0 spiro atoms. The third-order valence-electron chi connectivity index (χ3n) is 25.9. The van der Waals surface area contributed by atoms with Gasteiger partial charge in [-0.3, -0.25) is 0 Å². The van der Waals surface area contributed by atoms with Crippen LogP contribution in [0.4, 0.5) is 72.4 Å². The fraction of sp³-hybridized carbons (Fsp3) is 0.0968. The maximum atomic E-state index is 13.6. The van der Waals surface area contributed by atoms with E-state index in [9.17, 15) is 26.3 Å². The van der Waals surface area contributed by atoms with Gasteiger partial charge in [0.25, 0.3) is 0 Å². The number of para-hydroxylation sites is 4. The first-order valence-electron chi connectivity index (χ1n) is 47.3. The summed E-state index contributed by atoms with van der Waals surface area (Å²) in [5, 5.41) is 8.96. The molecule has 0 bridgehead atoms. The van der Waals surface area contributed by atoms with E-state index in [0.29, 0.717) is 16.9 Å². The summed E-state index contributed by atoms with van der Waals surface area (Å²) in [6, 6.07) is 132. The number of anilines is 8. The van der Waals surface area contributed by atoms with Gasteiger partial charge in [-0.2, -0.15) is 148 Å². The molecule has 0 saturated heterocycles. The molecule has 24 aromatic rings. The second kappa shape index (κ2) is 44.9. The van der Waals surface area contributed by atoms with E-state index in [-0.39, 0.29) is 95.9 Å². The fourth-order valence-corrected chi connectivity index (χ4v) is 18.5. The summed E-state index contributed by atoms with van der Waals surface area (Å²) in [7, 11) is 7.26. The van der Waals surface area contributed by atoms with Gasteiger partial charge in [0.1, 0.15) is 46.5 Å². The number of hydrogen-bond acceptors (Lipinski definition) is 12. The quantitative estimate of drug-likeness (QED) is 0.0673. The molecular weight excluding hydrogens is 2610 g/mol. The van der Waals surface area contributed by atoms with Crippen molar-refractivity contribution in [2.75, 3.05) is 47.8 Å². The molecule has 0 N–H and O–H groups in total. The van der Waals surface area contributed by atoms with Gasteiger partial charge in [0.2, 0.25) is 0 Å². The number of aryl methyl sites for hydroxylation is 6. The number of halogens is 6. The largest absolute Gasteiger partial charge is 2.00 e. The van der Waals surface area contributed by atoms with Gasteiger partial charge < -0.3 is 37.9 Å². The van der Waals surface area contributed by atoms with Crippen LogP contribution in [-0.4, -0.2) is 86.3 Å². The van der Waals surface area contributed by atoms with E-state index in [1.165, 1.54) is 45.3 Å². The average molecular weight is 2700 g/mol. The molecule has 0 saturated carbocycles. The zero-order valence-corrected chi connectivity index (χ0v) is 91.4. The summed E-state index contributed by atoms with van der Waals surface area (Å²) in [6.07, 6.45) is 2.74. The number of hydrogen-bond donors (Lipinski definition) is 0. The van der Waals surface area contributed by atoms with Gasteiger partial charge >= 0.3 is 96.6 Å². The fourth-order valence-electron chi connectivity index (χ4n) is 18.5. The minimum Gasteiger partial charge on any atom is -0.348 e. The Morgan fingerprint density at radius 3 is 0.900 bits per heavy atom. The predicted octanol–water partition coefficient (Wildman–Crippen LogP) is 30.3. The average Bonchev–Trinajstić information content (AvgIpc) is 1.60. The second-order valence-electron chi connectivity index (χ2n) is 35.9. The number of nitrogens with zero attached hydrogens (tertiary/aromatic N) is 16. The van der Waals surface area contributed by atoms with Gasteiger partial charge in [-0.1, -0.05) is 129 Å². The summed E-state index contributed by atoms with van der Waals surface area (Å²) >= 11 is 0. The number of pyridine rings is 8. The Hall–Kier alpha value is -15.4. The molecule has 12 aromatic heterocycles. The number of rotatable bonds is 16. The van der Waals surface area contributed by atoms with Crippen LogP contribution in [0, 0.1) is 90.1 Å². The number of fused-ring (bicyclic) bond motifs is 12. The van der Waals surface area contributed by atoms with Crippen molar-refractivity contribution in [2.45, 2.75) is 53.9 Å². The molecule has 12 heterocycles. The van der Waals surface area contributed by atoms with Gasteiger partial charge in [0, 0.05) is 99.3 Å². The molecule has 0 aliphatic heterocycles. The zero-order chi connectivity index (χ0) is 101. The van der Waals surface area contributed by atoms with Crippen LogP contribution in [0.15, 0.2) is 365 Å². The minimum absolute atomic E-state index is 0. The SMILES string of the molecule is Cc1ccc(N(C)c2[c-]c(-c3[c-]c4c(cc3)c3ccccc3n4-c3cc(C)ccn3)ccc2)nc1.Cc1ccnc(-n2c3[c-]c(-c4[c-]c(N(C)c5cc(C(F)(F)F)ccn5)ccc4)ccc3c3ccccc32)c1.Cc1ccnc(-n2c3[c-]c(-c4[c-]c(N(C)c5cccc(C)n5)ccc4)ccc3c3ccccc32)c1.Cc1ccnc(-n2c3[c-]c(-c4[c-]c(N(C)c5ncccc5C(F)(F)F)ccc4)ccc3c3ccccc32)c1.[Pt+2].[Pt+2].[Pt+2].[Pt+2]. The molecular formula is C124H90F6N16Pt4. The van der Waals surface area contributed by atoms with Gasteiger partial charge in [0.15, 0.2) is 0 Å². The molecule has 24 rings (SSSR count). The first-order valence-corrected chi connectivity index (χ1v) is 47.3. The van der Waals surface area contributed by atoms with Crippen molar-refractivity contribution >= 4 is 133 Å². The van der Waals surface area contributed by atoms with Crippen LogP contribution in [0.2, 0.25) is 0 Å². The van der Waals surface area contributed by atoms with Gasteiger partial charge in [-0.15, -0.1) is 48.5 Å². The Kier molecular flexibility index (Phi) is 31.7. The minimum atomic E-state index is -4.52. The molecule has 12 aromatic carbocycles. The summed E-state index contributed by atoms with van der Waals surface area (Å²) in [6.45, 7) is 12.3. The monoisotopic (exact) mass is 2700 g/mol. The molecule has 0 aliphatic rings. The molecule has 0 amide bonds. The Balaban J connectivity index is 0.000000135. The molecule has 0 aliphatic carbocycles. The van der Waals surface area contributed by atoms with Crippen LogP contribution in [-0.2, 0) is 96.6 Å². The molecule has 16 nitrogen and oxygen atoms in total. The van der Waals surface area contributed by atoms with Crippen molar-refractivity contribution in [3.8, 4) is 67.8 Å². The molecule has 0 unspecified atom stereocenters. The Morgan fingerprint density at radius 1 is 0.240 bits per heavy atom. The van der Waals surface area contributed by atoms with Gasteiger partial charge in [-0.05, 0) is 228 Å². The number of benzene rings is 12. The van der Waals surface area contributed by atoms with E-state index in [0.717, 1.165) is 202 Å². The first-order chi connectivity index (χ1) is 70.8. The van der Waals surface area contributed by atoms with Crippen LogP contribution in [0.1, 0.15) is 44.6 Å². The van der Waals surface area contributed by atoms with E-state index in [2.05, 4.69) is 288 Å². The zero-order valence-electron chi connectivity index (χ0n) is 82.3. The molecule has 0 atom stereocenters. The third kappa shape index (κ3) is 21.7. The predicted molar refractivity (Wildman–Crippen MR) is 574 cm³/mol. The molecule has 0 fully saturated rings. The van der Waals surface area contributed by atoms with Crippen LogP contribution < -0.4 is 19.6 Å². The summed E-state index contributed by atoms with van der Waals surface area (Å²) in [4.78, 5) is 43.1. The molecule has 748 valence electrons.